The van der Waals surface area contributed by atoms with E-state index in [1.165, 1.54) is 48.5 Å². The van der Waals surface area contributed by atoms with Gasteiger partial charge in [-0.15, -0.1) is 0 Å². The minimum absolute atomic E-state index is 0.0546. The van der Waals surface area contributed by atoms with Gasteiger partial charge in [-0.1, -0.05) is 60.7 Å². The first kappa shape index (κ1) is 16.1. The number of rotatable bonds is 3. The second-order valence-electron chi connectivity index (χ2n) is 5.14. The number of nitrogens with zero attached hydrogens (tertiary/aromatic N) is 1. The zero-order valence-electron chi connectivity index (χ0n) is 12.2. The topological polar surface area (TPSA) is 33.1 Å². The standard InChI is InChI=1S/C18H11F4NO/c19-14-13(15(20)17(22)23-16(14)21)18(24,11-7-3-1-4-8-11)12-9-5-2-6-10-12/h1-10,24H. The molecule has 122 valence electrons. The van der Waals surface area contributed by atoms with Crippen LogP contribution in [0.15, 0.2) is 60.7 Å². The van der Waals surface area contributed by atoms with E-state index in [-0.39, 0.29) is 11.1 Å². The second kappa shape index (κ2) is 6.05. The summed E-state index contributed by atoms with van der Waals surface area (Å²) in [5, 5.41) is 11.2. The molecule has 0 aliphatic heterocycles. The number of hydrogen-bond donors (Lipinski definition) is 1. The lowest BCUT2D eigenvalue weighted by Gasteiger charge is -2.30. The summed E-state index contributed by atoms with van der Waals surface area (Å²) >= 11 is 0. The van der Waals surface area contributed by atoms with Gasteiger partial charge in [-0.2, -0.15) is 13.8 Å². The van der Waals surface area contributed by atoms with Crippen molar-refractivity contribution in [3.8, 4) is 0 Å². The van der Waals surface area contributed by atoms with Crippen LogP contribution in [-0.4, -0.2) is 10.1 Å². The summed E-state index contributed by atoms with van der Waals surface area (Å²) < 4.78 is 55.8. The van der Waals surface area contributed by atoms with Gasteiger partial charge in [0.1, 0.15) is 5.60 Å². The van der Waals surface area contributed by atoms with E-state index >= 15 is 0 Å². The number of pyridine rings is 1. The monoisotopic (exact) mass is 333 g/mol. The molecule has 0 saturated carbocycles. The highest BCUT2D eigenvalue weighted by Crippen LogP contribution is 2.39. The number of halogens is 4. The van der Waals surface area contributed by atoms with Crippen molar-refractivity contribution in [1.82, 2.24) is 4.98 Å². The van der Waals surface area contributed by atoms with Crippen LogP contribution >= 0.6 is 0 Å². The number of aliphatic hydroxyl groups is 1. The van der Waals surface area contributed by atoms with Gasteiger partial charge < -0.3 is 5.11 Å². The third-order valence-electron chi connectivity index (χ3n) is 3.74. The van der Waals surface area contributed by atoms with Crippen LogP contribution in [0.2, 0.25) is 0 Å². The minimum atomic E-state index is -2.43. The zero-order valence-corrected chi connectivity index (χ0v) is 12.2. The Morgan fingerprint density at radius 2 is 1.04 bits per heavy atom. The number of aromatic nitrogens is 1. The van der Waals surface area contributed by atoms with Crippen LogP contribution in [0.3, 0.4) is 0 Å². The van der Waals surface area contributed by atoms with E-state index in [2.05, 4.69) is 4.98 Å². The van der Waals surface area contributed by atoms with Crippen LogP contribution in [0, 0.1) is 23.5 Å². The van der Waals surface area contributed by atoms with Gasteiger partial charge in [-0.25, -0.2) is 8.78 Å². The fraction of sp³-hybridized carbons (Fsp3) is 0.0556. The highest BCUT2D eigenvalue weighted by atomic mass is 19.2. The minimum Gasteiger partial charge on any atom is -0.376 e. The highest BCUT2D eigenvalue weighted by molar-refractivity contribution is 5.47. The van der Waals surface area contributed by atoms with E-state index < -0.39 is 34.7 Å². The summed E-state index contributed by atoms with van der Waals surface area (Å²) in [6.45, 7) is 0. The molecule has 0 fully saturated rings. The third kappa shape index (κ3) is 2.45. The van der Waals surface area contributed by atoms with Crippen LogP contribution < -0.4 is 0 Å². The van der Waals surface area contributed by atoms with Gasteiger partial charge in [0, 0.05) is 0 Å². The smallest absolute Gasteiger partial charge is 0.252 e. The summed E-state index contributed by atoms with van der Waals surface area (Å²) in [4.78, 5) is 2.54. The molecule has 1 aromatic heterocycles. The Labute approximate surface area is 135 Å². The lowest BCUT2D eigenvalue weighted by Crippen LogP contribution is -2.32. The molecule has 1 N–H and O–H groups in total. The van der Waals surface area contributed by atoms with Crippen molar-refractivity contribution in [3.63, 3.8) is 0 Å². The average molecular weight is 333 g/mol. The first-order valence-electron chi connectivity index (χ1n) is 7.00. The molecule has 2 aromatic carbocycles. The summed E-state index contributed by atoms with van der Waals surface area (Å²) in [5.41, 5.74) is -3.47. The van der Waals surface area contributed by atoms with Crippen LogP contribution in [0.1, 0.15) is 16.7 Å². The quantitative estimate of drug-likeness (QED) is 0.582. The zero-order chi connectivity index (χ0) is 17.3. The lowest BCUT2D eigenvalue weighted by atomic mass is 9.80. The Morgan fingerprint density at radius 3 is 1.42 bits per heavy atom. The maximum Gasteiger partial charge on any atom is 0.252 e. The Morgan fingerprint density at radius 1 is 0.667 bits per heavy atom. The van der Waals surface area contributed by atoms with Gasteiger partial charge in [-0.05, 0) is 11.1 Å². The van der Waals surface area contributed by atoms with Crippen molar-refractivity contribution in [1.29, 1.82) is 0 Å². The molecule has 6 heteroatoms. The molecular weight excluding hydrogens is 322 g/mol. The van der Waals surface area contributed by atoms with Gasteiger partial charge in [0.15, 0.2) is 11.6 Å². The van der Waals surface area contributed by atoms with Gasteiger partial charge in [0.2, 0.25) is 0 Å². The first-order chi connectivity index (χ1) is 11.5. The summed E-state index contributed by atoms with van der Waals surface area (Å²) in [6.07, 6.45) is 0. The number of benzene rings is 2. The molecule has 0 saturated heterocycles. The van der Waals surface area contributed by atoms with Crippen LogP contribution in [-0.2, 0) is 5.60 Å². The summed E-state index contributed by atoms with van der Waals surface area (Å²) in [6, 6.07) is 15.0. The third-order valence-corrected chi connectivity index (χ3v) is 3.74. The molecule has 0 unspecified atom stereocenters. The summed E-state index contributed by atoms with van der Waals surface area (Å²) in [7, 11) is 0. The summed E-state index contributed by atoms with van der Waals surface area (Å²) in [5.74, 6) is -7.14. The largest absolute Gasteiger partial charge is 0.376 e. The molecule has 0 radical (unpaired) electrons. The fourth-order valence-electron chi connectivity index (χ4n) is 2.62. The maximum absolute atomic E-state index is 14.3. The van der Waals surface area contributed by atoms with Crippen molar-refractivity contribution in [3.05, 3.63) is 101 Å². The van der Waals surface area contributed by atoms with E-state index in [1.54, 1.807) is 12.1 Å². The Balaban J connectivity index is 2.41. The molecule has 2 nitrogen and oxygen atoms in total. The molecule has 0 atom stereocenters. The Kier molecular flexibility index (Phi) is 4.07. The van der Waals surface area contributed by atoms with Gasteiger partial charge >= 0.3 is 0 Å². The molecule has 0 bridgehead atoms. The SMILES string of the molecule is OC(c1ccccc1)(c1ccccc1)c1c(F)c(F)nc(F)c1F. The molecule has 0 aliphatic carbocycles. The van der Waals surface area contributed by atoms with Crippen LogP contribution in [0.5, 0.6) is 0 Å². The maximum atomic E-state index is 14.3. The van der Waals surface area contributed by atoms with E-state index in [0.29, 0.717) is 0 Å². The fourth-order valence-corrected chi connectivity index (χ4v) is 2.62. The molecule has 0 aliphatic rings. The Hall–Kier alpha value is -2.73. The van der Waals surface area contributed by atoms with E-state index in [9.17, 15) is 22.7 Å². The molecule has 0 spiro atoms. The molecule has 24 heavy (non-hydrogen) atoms. The van der Waals surface area contributed by atoms with Crippen molar-refractivity contribution < 1.29 is 22.7 Å². The van der Waals surface area contributed by atoms with E-state index in [1.807, 2.05) is 0 Å². The van der Waals surface area contributed by atoms with Crippen LogP contribution in [0.25, 0.3) is 0 Å². The molecule has 3 aromatic rings. The molecule has 0 amide bonds. The van der Waals surface area contributed by atoms with Gasteiger partial charge in [0.25, 0.3) is 11.9 Å². The van der Waals surface area contributed by atoms with E-state index in [0.717, 1.165) is 0 Å². The second-order valence-corrected chi connectivity index (χ2v) is 5.14. The lowest BCUT2D eigenvalue weighted by molar-refractivity contribution is 0.113. The molecular formula is C18H11F4NO. The van der Waals surface area contributed by atoms with Gasteiger partial charge in [-0.3, -0.25) is 0 Å². The van der Waals surface area contributed by atoms with Crippen molar-refractivity contribution >= 4 is 0 Å². The van der Waals surface area contributed by atoms with Crippen LogP contribution in [0.4, 0.5) is 17.6 Å². The normalized spacial score (nSPS) is 11.5. The van der Waals surface area contributed by atoms with Crippen molar-refractivity contribution in [2.75, 3.05) is 0 Å². The molecule has 3 rings (SSSR count). The van der Waals surface area contributed by atoms with Gasteiger partial charge in [0.05, 0.1) is 5.56 Å². The van der Waals surface area contributed by atoms with E-state index in [4.69, 9.17) is 0 Å². The average Bonchev–Trinajstić information content (AvgIpc) is 2.61. The number of hydrogen-bond acceptors (Lipinski definition) is 2. The van der Waals surface area contributed by atoms with Crippen molar-refractivity contribution in [2.45, 2.75) is 5.60 Å². The predicted octanol–water partition coefficient (Wildman–Crippen LogP) is 3.92. The Bertz CT molecular complexity index is 803. The predicted molar refractivity (Wildman–Crippen MR) is 79.1 cm³/mol. The highest BCUT2D eigenvalue weighted by Gasteiger charge is 2.41. The first-order valence-corrected chi connectivity index (χ1v) is 7.00. The van der Waals surface area contributed by atoms with Crippen molar-refractivity contribution in [2.24, 2.45) is 0 Å². The molecule has 1 heterocycles.